The fourth-order valence-corrected chi connectivity index (χ4v) is 5.16. The Morgan fingerprint density at radius 3 is 2.53 bits per heavy atom. The summed E-state index contributed by atoms with van der Waals surface area (Å²) >= 11 is 1.47. The van der Waals surface area contributed by atoms with Crippen molar-refractivity contribution in [3.05, 3.63) is 81.7 Å². The number of aromatic nitrogens is 3. The van der Waals surface area contributed by atoms with E-state index in [0.717, 1.165) is 5.56 Å². The van der Waals surface area contributed by atoms with Crippen LogP contribution in [0.15, 0.2) is 59.8 Å². The molecule has 0 N–H and O–H groups in total. The Morgan fingerprint density at radius 1 is 1.12 bits per heavy atom. The zero-order chi connectivity index (χ0) is 22.2. The number of nitro benzene ring substituents is 1. The number of hydrogen-bond acceptors (Lipinski definition) is 7. The van der Waals surface area contributed by atoms with Gasteiger partial charge in [-0.1, -0.05) is 42.1 Å². The topological polar surface area (TPSA) is 100 Å². The quantitative estimate of drug-likeness (QED) is 0.303. The molecule has 164 valence electrons. The minimum atomic E-state index is -1.14. The van der Waals surface area contributed by atoms with Crippen LogP contribution in [-0.2, 0) is 4.74 Å². The van der Waals surface area contributed by atoms with E-state index in [1.165, 1.54) is 36.0 Å². The van der Waals surface area contributed by atoms with Crippen molar-refractivity contribution in [1.29, 1.82) is 0 Å². The van der Waals surface area contributed by atoms with E-state index in [0.29, 0.717) is 30.2 Å². The molecule has 5 rings (SSSR count). The molecule has 32 heavy (non-hydrogen) atoms. The monoisotopic (exact) mass is 454 g/mol. The fraction of sp³-hybridized carbons (Fsp3) is 0.318. The number of nitro groups is 1. The first kappa shape index (κ1) is 20.6. The van der Waals surface area contributed by atoms with E-state index < -0.39 is 17.1 Å². The molecule has 2 aliphatic rings. The molecule has 0 saturated heterocycles. The zero-order valence-corrected chi connectivity index (χ0v) is 17.7. The Balaban J connectivity index is 1.16. The third-order valence-electron chi connectivity index (χ3n) is 5.74. The van der Waals surface area contributed by atoms with Crippen LogP contribution in [0.25, 0.3) is 0 Å². The first-order chi connectivity index (χ1) is 15.5. The average molecular weight is 454 g/mol. The molecular formula is C22H19FN4O4S. The van der Waals surface area contributed by atoms with Crippen LogP contribution in [0.5, 0.6) is 0 Å². The van der Waals surface area contributed by atoms with Gasteiger partial charge in [-0.15, -0.1) is 5.10 Å². The van der Waals surface area contributed by atoms with Crippen molar-refractivity contribution < 1.29 is 18.8 Å². The molecule has 8 nitrogen and oxygen atoms in total. The van der Waals surface area contributed by atoms with Gasteiger partial charge in [-0.25, -0.2) is 18.9 Å². The Labute approximate surface area is 186 Å². The molecule has 1 fully saturated rings. The lowest BCUT2D eigenvalue weighted by Gasteiger charge is -2.33. The second-order valence-corrected chi connectivity index (χ2v) is 9.14. The van der Waals surface area contributed by atoms with E-state index in [1.807, 2.05) is 30.3 Å². The van der Waals surface area contributed by atoms with Crippen molar-refractivity contribution in [3.63, 3.8) is 0 Å². The summed E-state index contributed by atoms with van der Waals surface area (Å²) < 4.78 is 21.7. The van der Waals surface area contributed by atoms with Crippen molar-refractivity contribution in [1.82, 2.24) is 14.8 Å². The largest absolute Gasteiger partial charge is 0.459 e. The standard InChI is InChI=1S/C22H19FN4O4S/c23-18-12-19(13-4-2-1-3-5-13)26-20(18)24-22(25-26)32-17-10-16(11-17)31-21(28)14-6-8-15(9-7-14)27(29)30/h1-9,16-19H,10-12H2/t16?,17?,18-,19-/m0/s1. The molecule has 0 amide bonds. The van der Waals surface area contributed by atoms with Crippen LogP contribution in [0.3, 0.4) is 0 Å². The number of esters is 1. The normalized spacial score (nSPS) is 23.9. The second kappa shape index (κ2) is 8.34. The van der Waals surface area contributed by atoms with Crippen LogP contribution in [0.4, 0.5) is 10.1 Å². The third-order valence-corrected chi connectivity index (χ3v) is 6.84. The maximum absolute atomic E-state index is 14.5. The van der Waals surface area contributed by atoms with Gasteiger partial charge in [0, 0.05) is 23.8 Å². The number of rotatable bonds is 6. The Morgan fingerprint density at radius 2 is 1.84 bits per heavy atom. The highest BCUT2D eigenvalue weighted by Crippen LogP contribution is 2.42. The van der Waals surface area contributed by atoms with E-state index in [4.69, 9.17) is 4.74 Å². The smallest absolute Gasteiger partial charge is 0.338 e. The highest BCUT2D eigenvalue weighted by molar-refractivity contribution is 7.99. The maximum Gasteiger partial charge on any atom is 0.338 e. The molecule has 0 spiro atoms. The van der Waals surface area contributed by atoms with Crippen molar-refractivity contribution in [2.75, 3.05) is 0 Å². The third kappa shape index (κ3) is 3.97. The summed E-state index contributed by atoms with van der Waals surface area (Å²) in [6.45, 7) is 0. The SMILES string of the molecule is O=C(OC1CC(Sc2nc3n(n2)[C@H](c2ccccc2)C[C@@H]3F)C1)c1ccc([N+](=O)[O-])cc1. The van der Waals surface area contributed by atoms with Crippen molar-refractivity contribution >= 4 is 23.4 Å². The van der Waals surface area contributed by atoms with Crippen LogP contribution < -0.4 is 0 Å². The number of nitrogens with zero attached hydrogens (tertiary/aromatic N) is 4. The van der Waals surface area contributed by atoms with Gasteiger partial charge in [-0.3, -0.25) is 10.1 Å². The van der Waals surface area contributed by atoms with Gasteiger partial charge in [0.1, 0.15) is 6.10 Å². The highest BCUT2D eigenvalue weighted by atomic mass is 32.2. The predicted molar refractivity (Wildman–Crippen MR) is 114 cm³/mol. The van der Waals surface area contributed by atoms with E-state index in [9.17, 15) is 19.3 Å². The van der Waals surface area contributed by atoms with Gasteiger partial charge in [0.15, 0.2) is 12.0 Å². The molecule has 3 aromatic rings. The zero-order valence-electron chi connectivity index (χ0n) is 16.8. The number of alkyl halides is 1. The lowest BCUT2D eigenvalue weighted by atomic mass is 9.95. The number of halogens is 1. The molecule has 1 saturated carbocycles. The minimum Gasteiger partial charge on any atom is -0.459 e. The van der Waals surface area contributed by atoms with Gasteiger partial charge in [0.05, 0.1) is 16.5 Å². The maximum atomic E-state index is 14.5. The van der Waals surface area contributed by atoms with E-state index in [-0.39, 0.29) is 28.6 Å². The molecule has 1 aliphatic heterocycles. The molecule has 2 atom stereocenters. The summed E-state index contributed by atoms with van der Waals surface area (Å²) in [7, 11) is 0. The highest BCUT2D eigenvalue weighted by Gasteiger charge is 2.38. The van der Waals surface area contributed by atoms with Crippen LogP contribution in [-0.4, -0.2) is 37.0 Å². The molecule has 1 aliphatic carbocycles. The minimum absolute atomic E-state index is 0.0776. The Hall–Kier alpha value is -3.27. The molecular weight excluding hydrogens is 435 g/mol. The lowest BCUT2D eigenvalue weighted by molar-refractivity contribution is -0.384. The van der Waals surface area contributed by atoms with Crippen molar-refractivity contribution in [2.45, 2.75) is 48.0 Å². The van der Waals surface area contributed by atoms with E-state index >= 15 is 0 Å². The number of benzene rings is 2. The van der Waals surface area contributed by atoms with Gasteiger partial charge >= 0.3 is 5.97 Å². The number of carbonyl (C=O) groups excluding carboxylic acids is 1. The Kier molecular flexibility index (Phi) is 5.38. The van der Waals surface area contributed by atoms with Crippen molar-refractivity contribution in [3.8, 4) is 0 Å². The molecule has 2 aromatic carbocycles. The van der Waals surface area contributed by atoms with Crippen LogP contribution in [0.2, 0.25) is 0 Å². The summed E-state index contributed by atoms with van der Waals surface area (Å²) in [6.07, 6.45) is 0.270. The van der Waals surface area contributed by atoms with Crippen molar-refractivity contribution in [2.24, 2.45) is 0 Å². The van der Waals surface area contributed by atoms with Crippen LogP contribution in [0, 0.1) is 10.1 Å². The predicted octanol–water partition coefficient (Wildman–Crippen LogP) is 4.67. The number of ether oxygens (including phenoxy) is 1. The molecule has 0 bridgehead atoms. The summed E-state index contributed by atoms with van der Waals surface area (Å²) in [4.78, 5) is 26.8. The summed E-state index contributed by atoms with van der Waals surface area (Å²) in [6, 6.07) is 14.9. The summed E-state index contributed by atoms with van der Waals surface area (Å²) in [5.41, 5.74) is 1.21. The molecule has 0 radical (unpaired) electrons. The molecule has 0 unspecified atom stereocenters. The molecule has 10 heteroatoms. The number of fused-ring (bicyclic) bond motifs is 1. The average Bonchev–Trinajstić information content (AvgIpc) is 3.32. The number of non-ortho nitro benzene ring substituents is 1. The van der Waals surface area contributed by atoms with Gasteiger partial charge in [0.2, 0.25) is 5.16 Å². The van der Waals surface area contributed by atoms with Crippen LogP contribution in [0.1, 0.15) is 53.2 Å². The van der Waals surface area contributed by atoms with Gasteiger partial charge in [0.25, 0.3) is 5.69 Å². The van der Waals surface area contributed by atoms with E-state index in [1.54, 1.807) is 4.68 Å². The number of hydrogen-bond donors (Lipinski definition) is 0. The fourth-order valence-electron chi connectivity index (χ4n) is 3.96. The molecule has 2 heterocycles. The van der Waals surface area contributed by atoms with Gasteiger partial charge < -0.3 is 4.74 Å². The van der Waals surface area contributed by atoms with Gasteiger partial charge in [-0.05, 0) is 30.5 Å². The summed E-state index contributed by atoms with van der Waals surface area (Å²) in [5.74, 6) is -0.139. The van der Waals surface area contributed by atoms with E-state index in [2.05, 4.69) is 10.1 Å². The number of carbonyl (C=O) groups is 1. The Bertz CT molecular complexity index is 1150. The number of thioether (sulfide) groups is 1. The lowest BCUT2D eigenvalue weighted by Crippen LogP contribution is -2.35. The van der Waals surface area contributed by atoms with Crippen LogP contribution >= 0.6 is 11.8 Å². The molecule has 1 aromatic heterocycles. The van der Waals surface area contributed by atoms with Gasteiger partial charge in [-0.2, -0.15) is 0 Å². The first-order valence-corrected chi connectivity index (χ1v) is 11.1. The first-order valence-electron chi connectivity index (χ1n) is 10.3. The second-order valence-electron chi connectivity index (χ2n) is 7.87. The summed E-state index contributed by atoms with van der Waals surface area (Å²) in [5, 5.41) is 16.0.